The molecular weight excluding hydrogens is 446 g/mol. The van der Waals surface area contributed by atoms with Crippen LogP contribution in [0.15, 0.2) is 78.9 Å². The molecule has 0 aliphatic carbocycles. The van der Waals surface area contributed by atoms with Crippen molar-refractivity contribution in [3.63, 3.8) is 0 Å². The van der Waals surface area contributed by atoms with Gasteiger partial charge in [-0.1, -0.05) is 30.3 Å². The molecule has 1 fully saturated rings. The minimum absolute atomic E-state index is 0.144. The van der Waals surface area contributed by atoms with Gasteiger partial charge in [-0.2, -0.15) is 0 Å². The number of hydrogen-bond acceptors (Lipinski definition) is 5. The zero-order chi connectivity index (χ0) is 24.8. The van der Waals surface area contributed by atoms with E-state index in [-0.39, 0.29) is 18.9 Å². The highest BCUT2D eigenvalue weighted by Gasteiger charge is 2.46. The van der Waals surface area contributed by atoms with E-state index in [1.807, 2.05) is 42.5 Å². The molecule has 1 aliphatic heterocycles. The summed E-state index contributed by atoms with van der Waals surface area (Å²) in [6, 6.07) is 21.9. The molecule has 180 valence electrons. The second-order valence-electron chi connectivity index (χ2n) is 8.08. The molecule has 0 saturated carbocycles. The van der Waals surface area contributed by atoms with Crippen LogP contribution >= 0.6 is 0 Å². The number of nitrogens with zero attached hydrogens (tertiary/aromatic N) is 2. The van der Waals surface area contributed by atoms with Crippen LogP contribution < -0.4 is 19.7 Å². The molecule has 1 heterocycles. The van der Waals surface area contributed by atoms with Crippen molar-refractivity contribution < 1.29 is 23.9 Å². The van der Waals surface area contributed by atoms with Gasteiger partial charge in [0, 0.05) is 12.2 Å². The van der Waals surface area contributed by atoms with E-state index >= 15 is 0 Å². The number of carbonyl (C=O) groups excluding carboxylic acids is 3. The number of amides is 4. The lowest BCUT2D eigenvalue weighted by Crippen LogP contribution is -2.39. The largest absolute Gasteiger partial charge is 0.497 e. The summed E-state index contributed by atoms with van der Waals surface area (Å²) < 4.78 is 10.4. The molecule has 0 radical (unpaired) electrons. The van der Waals surface area contributed by atoms with Gasteiger partial charge < -0.3 is 19.7 Å². The third kappa shape index (κ3) is 5.43. The van der Waals surface area contributed by atoms with Gasteiger partial charge in [-0.15, -0.1) is 0 Å². The fourth-order valence-corrected chi connectivity index (χ4v) is 4.01. The predicted octanol–water partition coefficient (Wildman–Crippen LogP) is 4.11. The minimum Gasteiger partial charge on any atom is -0.497 e. The fraction of sp³-hybridized carbons (Fsp3) is 0.222. The van der Waals surface area contributed by atoms with Crippen LogP contribution in [0.2, 0.25) is 0 Å². The Balaban J connectivity index is 1.55. The number of nitrogens with one attached hydrogen (secondary N) is 1. The molecular formula is C27H27N3O5. The Morgan fingerprint density at radius 2 is 1.46 bits per heavy atom. The Morgan fingerprint density at radius 3 is 2.06 bits per heavy atom. The first-order valence-electron chi connectivity index (χ1n) is 11.3. The maximum Gasteiger partial charge on any atom is 0.332 e. The highest BCUT2D eigenvalue weighted by molar-refractivity contribution is 6.22. The SMILES string of the molecule is COc1ccc(CCN2C(=O)N(c3ccc(OC)cc3)C(=O)[C@@H]2CC(=O)Nc2ccccc2)cc1. The number of para-hydroxylation sites is 1. The lowest BCUT2D eigenvalue weighted by molar-refractivity contribution is -0.124. The van der Waals surface area contributed by atoms with E-state index in [0.29, 0.717) is 23.5 Å². The topological polar surface area (TPSA) is 88.2 Å². The van der Waals surface area contributed by atoms with Gasteiger partial charge in [0.05, 0.1) is 26.3 Å². The van der Waals surface area contributed by atoms with Crippen LogP contribution in [0.4, 0.5) is 16.2 Å². The molecule has 3 aromatic carbocycles. The van der Waals surface area contributed by atoms with Crippen molar-refractivity contribution in [1.82, 2.24) is 4.90 Å². The standard InChI is InChI=1S/C27H27N3O5/c1-34-22-12-8-19(9-13-22)16-17-29-24(18-25(31)28-20-6-4-3-5-7-20)26(32)30(27(29)33)21-10-14-23(35-2)15-11-21/h3-15,24H,16-18H2,1-2H3,(H,28,31)/t24-/m0/s1. The summed E-state index contributed by atoms with van der Waals surface area (Å²) in [4.78, 5) is 42.2. The first-order valence-corrected chi connectivity index (χ1v) is 11.3. The summed E-state index contributed by atoms with van der Waals surface area (Å²) >= 11 is 0. The molecule has 35 heavy (non-hydrogen) atoms. The van der Waals surface area contributed by atoms with Gasteiger partial charge in [0.15, 0.2) is 0 Å². The van der Waals surface area contributed by atoms with E-state index in [2.05, 4.69) is 5.32 Å². The summed E-state index contributed by atoms with van der Waals surface area (Å²) in [7, 11) is 3.14. The van der Waals surface area contributed by atoms with Crippen LogP contribution in [0.3, 0.4) is 0 Å². The molecule has 1 N–H and O–H groups in total. The van der Waals surface area contributed by atoms with Crippen LogP contribution in [0.1, 0.15) is 12.0 Å². The molecule has 0 aromatic heterocycles. The van der Waals surface area contributed by atoms with Crippen molar-refractivity contribution in [2.24, 2.45) is 0 Å². The van der Waals surface area contributed by atoms with E-state index < -0.39 is 18.0 Å². The maximum absolute atomic E-state index is 13.4. The van der Waals surface area contributed by atoms with Crippen molar-refractivity contribution >= 4 is 29.2 Å². The van der Waals surface area contributed by atoms with Crippen LogP contribution in [0, 0.1) is 0 Å². The van der Waals surface area contributed by atoms with Crippen LogP contribution in [-0.2, 0) is 16.0 Å². The smallest absolute Gasteiger partial charge is 0.332 e. The summed E-state index contributed by atoms with van der Waals surface area (Å²) in [6.45, 7) is 0.285. The molecule has 8 nitrogen and oxygen atoms in total. The summed E-state index contributed by atoms with van der Waals surface area (Å²) in [5.41, 5.74) is 2.05. The Morgan fingerprint density at radius 1 is 0.857 bits per heavy atom. The van der Waals surface area contributed by atoms with Crippen molar-refractivity contribution in [2.75, 3.05) is 31.0 Å². The molecule has 0 bridgehead atoms. The average molecular weight is 474 g/mol. The Hall–Kier alpha value is -4.33. The van der Waals surface area contributed by atoms with Gasteiger partial charge in [0.2, 0.25) is 5.91 Å². The molecule has 0 spiro atoms. The van der Waals surface area contributed by atoms with Crippen LogP contribution in [0.25, 0.3) is 0 Å². The number of anilines is 2. The lowest BCUT2D eigenvalue weighted by atomic mass is 10.1. The third-order valence-electron chi connectivity index (χ3n) is 5.89. The quantitative estimate of drug-likeness (QED) is 0.473. The van der Waals surface area contributed by atoms with E-state index in [9.17, 15) is 14.4 Å². The van der Waals surface area contributed by atoms with Gasteiger partial charge in [-0.25, -0.2) is 9.69 Å². The number of benzene rings is 3. The number of rotatable bonds is 9. The highest BCUT2D eigenvalue weighted by atomic mass is 16.5. The van der Waals surface area contributed by atoms with E-state index in [4.69, 9.17) is 9.47 Å². The third-order valence-corrected chi connectivity index (χ3v) is 5.89. The van der Waals surface area contributed by atoms with Gasteiger partial charge in [0.25, 0.3) is 5.91 Å². The molecule has 4 rings (SSSR count). The predicted molar refractivity (Wildman–Crippen MR) is 133 cm³/mol. The molecule has 1 atom stereocenters. The number of carbonyl (C=O) groups is 3. The number of imide groups is 1. The normalized spacial score (nSPS) is 15.3. The monoisotopic (exact) mass is 473 g/mol. The molecule has 1 aliphatic rings. The number of hydrogen-bond donors (Lipinski definition) is 1. The van der Waals surface area contributed by atoms with Crippen molar-refractivity contribution in [3.8, 4) is 11.5 Å². The van der Waals surface area contributed by atoms with Gasteiger partial charge in [0.1, 0.15) is 17.5 Å². The second-order valence-corrected chi connectivity index (χ2v) is 8.08. The zero-order valence-corrected chi connectivity index (χ0v) is 19.6. The number of urea groups is 1. The first-order chi connectivity index (χ1) is 17.0. The maximum atomic E-state index is 13.4. The summed E-state index contributed by atoms with van der Waals surface area (Å²) in [5, 5.41) is 2.80. The zero-order valence-electron chi connectivity index (χ0n) is 19.6. The Bertz CT molecular complexity index is 1180. The summed E-state index contributed by atoms with van der Waals surface area (Å²) in [6.07, 6.45) is 0.380. The van der Waals surface area contributed by atoms with Crippen molar-refractivity contribution in [1.29, 1.82) is 0 Å². The van der Waals surface area contributed by atoms with E-state index in [0.717, 1.165) is 16.2 Å². The van der Waals surface area contributed by atoms with E-state index in [1.54, 1.807) is 50.6 Å². The second kappa shape index (κ2) is 10.7. The Kier molecular flexibility index (Phi) is 7.30. The van der Waals surface area contributed by atoms with Crippen molar-refractivity contribution in [3.05, 3.63) is 84.4 Å². The average Bonchev–Trinajstić information content (AvgIpc) is 3.12. The first kappa shape index (κ1) is 23.8. The number of methoxy groups -OCH3 is 2. The molecule has 0 unspecified atom stereocenters. The molecule has 3 aromatic rings. The molecule has 4 amide bonds. The summed E-state index contributed by atoms with van der Waals surface area (Å²) in [5.74, 6) is 0.580. The minimum atomic E-state index is -0.911. The van der Waals surface area contributed by atoms with Crippen LogP contribution in [0.5, 0.6) is 11.5 Å². The van der Waals surface area contributed by atoms with Gasteiger partial charge >= 0.3 is 6.03 Å². The lowest BCUT2D eigenvalue weighted by Gasteiger charge is -2.21. The fourth-order valence-electron chi connectivity index (χ4n) is 4.01. The molecule has 1 saturated heterocycles. The van der Waals surface area contributed by atoms with Gasteiger partial charge in [-0.3, -0.25) is 9.59 Å². The highest BCUT2D eigenvalue weighted by Crippen LogP contribution is 2.29. The van der Waals surface area contributed by atoms with Gasteiger partial charge in [-0.05, 0) is 60.5 Å². The number of ether oxygens (including phenoxy) is 2. The van der Waals surface area contributed by atoms with Crippen molar-refractivity contribution in [2.45, 2.75) is 18.9 Å². The van der Waals surface area contributed by atoms with E-state index in [1.165, 1.54) is 4.90 Å². The van der Waals surface area contributed by atoms with Crippen LogP contribution in [-0.4, -0.2) is 49.6 Å². The Labute approximate surface area is 204 Å². The molecule has 8 heteroatoms.